The second-order valence-electron chi connectivity index (χ2n) is 4.88. The quantitative estimate of drug-likeness (QED) is 0.561. The Morgan fingerprint density at radius 3 is 2.85 bits per heavy atom. The maximum Gasteiger partial charge on any atom is 0.239 e. The second-order valence-corrected chi connectivity index (χ2v) is 5.28. The number of piperidine rings is 1. The zero-order valence-corrected chi connectivity index (χ0v) is 12.2. The van der Waals surface area contributed by atoms with Crippen molar-refractivity contribution < 1.29 is 4.79 Å². The fourth-order valence-corrected chi connectivity index (χ4v) is 2.50. The number of nitrogens with two attached hydrogens (primary N) is 1. The molecule has 1 fully saturated rings. The standard InChI is InChI=1S/C12H19ClN6O/c1-8(20)15-6-9-2-4-19(5-3-9)11-10(13)7-16-12(17-11)18-14/h7,9H,2-6,14H2,1H3,(H,15,20)(H,16,17,18). The lowest BCUT2D eigenvalue weighted by Gasteiger charge is -2.33. The summed E-state index contributed by atoms with van der Waals surface area (Å²) in [6.45, 7) is 3.98. The zero-order chi connectivity index (χ0) is 14.5. The molecule has 8 heteroatoms. The third kappa shape index (κ3) is 3.71. The Labute approximate surface area is 122 Å². The maximum absolute atomic E-state index is 10.9. The third-order valence-electron chi connectivity index (χ3n) is 3.41. The fourth-order valence-electron chi connectivity index (χ4n) is 2.29. The number of hydrazine groups is 1. The minimum Gasteiger partial charge on any atom is -0.356 e. The summed E-state index contributed by atoms with van der Waals surface area (Å²) in [5, 5.41) is 3.38. The number of anilines is 2. The number of nitrogen functional groups attached to an aromatic ring is 1. The summed E-state index contributed by atoms with van der Waals surface area (Å²) in [6, 6.07) is 0. The Balaban J connectivity index is 1.95. The van der Waals surface area contributed by atoms with Crippen LogP contribution in [0.2, 0.25) is 5.02 Å². The second kappa shape index (κ2) is 6.71. The number of hydrogen-bond donors (Lipinski definition) is 3. The summed E-state index contributed by atoms with van der Waals surface area (Å²) in [7, 11) is 0. The number of aromatic nitrogens is 2. The first-order valence-corrected chi connectivity index (χ1v) is 6.96. The van der Waals surface area contributed by atoms with Crippen LogP contribution >= 0.6 is 11.6 Å². The number of halogens is 1. The SMILES string of the molecule is CC(=O)NCC1CCN(c2nc(NN)ncc2Cl)CC1. The topological polar surface area (TPSA) is 96.2 Å². The predicted octanol–water partition coefficient (Wildman–Crippen LogP) is 0.768. The predicted molar refractivity (Wildman–Crippen MR) is 78.5 cm³/mol. The van der Waals surface area contributed by atoms with Crippen molar-refractivity contribution in [2.45, 2.75) is 19.8 Å². The van der Waals surface area contributed by atoms with Gasteiger partial charge in [-0.2, -0.15) is 4.98 Å². The van der Waals surface area contributed by atoms with E-state index in [1.165, 1.54) is 6.92 Å². The highest BCUT2D eigenvalue weighted by atomic mass is 35.5. The molecule has 1 amide bonds. The Hall–Kier alpha value is -1.60. The van der Waals surface area contributed by atoms with Gasteiger partial charge in [-0.3, -0.25) is 10.2 Å². The fraction of sp³-hybridized carbons (Fsp3) is 0.583. The molecule has 0 aromatic carbocycles. The molecule has 0 atom stereocenters. The van der Waals surface area contributed by atoms with Gasteiger partial charge in [-0.25, -0.2) is 10.8 Å². The summed E-state index contributed by atoms with van der Waals surface area (Å²) >= 11 is 6.13. The number of rotatable bonds is 4. The van der Waals surface area contributed by atoms with Crippen LogP contribution in [0.3, 0.4) is 0 Å². The number of amides is 1. The first-order chi connectivity index (χ1) is 9.60. The number of carbonyl (C=O) groups is 1. The molecule has 0 radical (unpaired) electrons. The van der Waals surface area contributed by atoms with E-state index in [1.54, 1.807) is 6.20 Å². The number of hydrogen-bond acceptors (Lipinski definition) is 6. The maximum atomic E-state index is 10.9. The van der Waals surface area contributed by atoms with Gasteiger partial charge < -0.3 is 10.2 Å². The highest BCUT2D eigenvalue weighted by Gasteiger charge is 2.22. The van der Waals surface area contributed by atoms with E-state index in [0.29, 0.717) is 22.7 Å². The van der Waals surface area contributed by atoms with Crippen LogP contribution in [0.25, 0.3) is 0 Å². The van der Waals surface area contributed by atoms with Crippen molar-refractivity contribution in [1.29, 1.82) is 0 Å². The van der Waals surface area contributed by atoms with Crippen molar-refractivity contribution in [2.24, 2.45) is 11.8 Å². The highest BCUT2D eigenvalue weighted by molar-refractivity contribution is 6.32. The van der Waals surface area contributed by atoms with Gasteiger partial charge in [0, 0.05) is 26.6 Å². The summed E-state index contributed by atoms with van der Waals surface area (Å²) in [4.78, 5) is 21.3. The van der Waals surface area contributed by atoms with Crippen LogP contribution in [0.1, 0.15) is 19.8 Å². The Morgan fingerprint density at radius 2 is 2.25 bits per heavy atom. The van der Waals surface area contributed by atoms with Crippen LogP contribution < -0.4 is 21.5 Å². The van der Waals surface area contributed by atoms with Crippen molar-refractivity contribution in [3.05, 3.63) is 11.2 Å². The van der Waals surface area contributed by atoms with Gasteiger partial charge in [-0.1, -0.05) is 11.6 Å². The smallest absolute Gasteiger partial charge is 0.239 e. The largest absolute Gasteiger partial charge is 0.356 e. The lowest BCUT2D eigenvalue weighted by molar-refractivity contribution is -0.119. The molecule has 0 spiro atoms. The van der Waals surface area contributed by atoms with Crippen LogP contribution in [0.15, 0.2) is 6.20 Å². The van der Waals surface area contributed by atoms with Gasteiger partial charge in [0.15, 0.2) is 5.82 Å². The molecule has 0 bridgehead atoms. The Bertz CT molecular complexity index is 475. The normalized spacial score (nSPS) is 16.1. The van der Waals surface area contributed by atoms with Crippen LogP contribution in [0.4, 0.5) is 11.8 Å². The molecule has 0 unspecified atom stereocenters. The molecule has 4 N–H and O–H groups in total. The molecule has 1 aliphatic rings. The minimum atomic E-state index is 0.0185. The molecular weight excluding hydrogens is 280 g/mol. The van der Waals surface area contributed by atoms with Gasteiger partial charge in [0.05, 0.1) is 6.20 Å². The van der Waals surface area contributed by atoms with E-state index >= 15 is 0 Å². The molecule has 2 heterocycles. The van der Waals surface area contributed by atoms with E-state index in [0.717, 1.165) is 32.5 Å². The van der Waals surface area contributed by atoms with Crippen molar-refractivity contribution in [3.8, 4) is 0 Å². The van der Waals surface area contributed by atoms with Gasteiger partial charge in [0.2, 0.25) is 11.9 Å². The molecule has 1 aliphatic heterocycles. The van der Waals surface area contributed by atoms with Crippen molar-refractivity contribution >= 4 is 29.3 Å². The van der Waals surface area contributed by atoms with Crippen molar-refractivity contribution in [2.75, 3.05) is 30.0 Å². The Morgan fingerprint density at radius 1 is 1.55 bits per heavy atom. The monoisotopic (exact) mass is 298 g/mol. The van der Waals surface area contributed by atoms with E-state index in [4.69, 9.17) is 17.4 Å². The Kier molecular flexibility index (Phi) is 4.97. The van der Waals surface area contributed by atoms with Crippen LogP contribution in [0, 0.1) is 5.92 Å². The summed E-state index contributed by atoms with van der Waals surface area (Å²) < 4.78 is 0. The molecule has 0 aliphatic carbocycles. The first-order valence-electron chi connectivity index (χ1n) is 6.58. The third-order valence-corrected chi connectivity index (χ3v) is 3.68. The molecule has 20 heavy (non-hydrogen) atoms. The van der Waals surface area contributed by atoms with Gasteiger partial charge in [-0.15, -0.1) is 0 Å². The lowest BCUT2D eigenvalue weighted by atomic mass is 9.97. The van der Waals surface area contributed by atoms with E-state index in [2.05, 4.69) is 25.6 Å². The lowest BCUT2D eigenvalue weighted by Crippen LogP contribution is -2.38. The molecule has 1 aromatic heterocycles. The summed E-state index contributed by atoms with van der Waals surface area (Å²) in [5.74, 6) is 6.89. The van der Waals surface area contributed by atoms with Gasteiger partial charge in [0.1, 0.15) is 5.02 Å². The van der Waals surface area contributed by atoms with E-state index < -0.39 is 0 Å². The van der Waals surface area contributed by atoms with Gasteiger partial charge >= 0.3 is 0 Å². The molecule has 110 valence electrons. The average molecular weight is 299 g/mol. The number of nitrogens with zero attached hydrogens (tertiary/aromatic N) is 3. The number of carbonyl (C=O) groups excluding carboxylic acids is 1. The number of nitrogens with one attached hydrogen (secondary N) is 2. The van der Waals surface area contributed by atoms with Crippen LogP contribution in [-0.4, -0.2) is 35.5 Å². The van der Waals surface area contributed by atoms with Gasteiger partial charge in [0.25, 0.3) is 0 Å². The molecule has 2 rings (SSSR count). The van der Waals surface area contributed by atoms with E-state index in [9.17, 15) is 4.79 Å². The van der Waals surface area contributed by atoms with E-state index in [1.807, 2.05) is 0 Å². The zero-order valence-electron chi connectivity index (χ0n) is 11.4. The molecular formula is C12H19ClN6O. The van der Waals surface area contributed by atoms with E-state index in [-0.39, 0.29) is 5.91 Å². The highest BCUT2D eigenvalue weighted by Crippen LogP contribution is 2.27. The van der Waals surface area contributed by atoms with Crippen LogP contribution in [-0.2, 0) is 4.79 Å². The first kappa shape index (κ1) is 14.8. The van der Waals surface area contributed by atoms with Crippen LogP contribution in [0.5, 0.6) is 0 Å². The molecule has 7 nitrogen and oxygen atoms in total. The molecule has 1 saturated heterocycles. The van der Waals surface area contributed by atoms with Gasteiger partial charge in [-0.05, 0) is 18.8 Å². The molecule has 1 aromatic rings. The molecule has 0 saturated carbocycles. The summed E-state index contributed by atoms with van der Waals surface area (Å²) in [6.07, 6.45) is 3.53. The summed E-state index contributed by atoms with van der Waals surface area (Å²) in [5.41, 5.74) is 2.42. The average Bonchev–Trinajstić information content (AvgIpc) is 2.46. The van der Waals surface area contributed by atoms with Crippen molar-refractivity contribution in [1.82, 2.24) is 15.3 Å². The van der Waals surface area contributed by atoms with Crippen molar-refractivity contribution in [3.63, 3.8) is 0 Å². The minimum absolute atomic E-state index is 0.0185.